The summed E-state index contributed by atoms with van der Waals surface area (Å²) in [5, 5.41) is 4.13. The predicted octanol–water partition coefficient (Wildman–Crippen LogP) is 3.33. The largest absolute Gasteiger partial charge is 0.493 e. The highest BCUT2D eigenvalue weighted by Crippen LogP contribution is 2.27. The van der Waals surface area contributed by atoms with Crippen molar-refractivity contribution < 1.29 is 14.1 Å². The van der Waals surface area contributed by atoms with Crippen LogP contribution in [0.1, 0.15) is 23.9 Å². The van der Waals surface area contributed by atoms with E-state index in [-0.39, 0.29) is 5.91 Å². The van der Waals surface area contributed by atoms with Crippen LogP contribution in [0.25, 0.3) is 11.4 Å². The summed E-state index contributed by atoms with van der Waals surface area (Å²) in [6, 6.07) is 15.8. The van der Waals surface area contributed by atoms with Gasteiger partial charge in [-0.3, -0.25) is 9.69 Å². The fourth-order valence-electron chi connectivity index (χ4n) is 3.70. The first-order chi connectivity index (χ1) is 15.1. The maximum absolute atomic E-state index is 12.6. The number of hydrogen-bond donors (Lipinski definition) is 0. The van der Waals surface area contributed by atoms with Gasteiger partial charge in [-0.15, -0.1) is 0 Å². The SMILES string of the molecule is CCOc1ccccc1-c1noc(CN2CCN(C(=O)Cc3ccc(C)cc3)CC2)n1. The van der Waals surface area contributed by atoms with Crippen LogP contribution in [0.4, 0.5) is 0 Å². The van der Waals surface area contributed by atoms with E-state index in [0.717, 1.165) is 30.0 Å². The highest BCUT2D eigenvalue weighted by molar-refractivity contribution is 5.78. The molecule has 0 bridgehead atoms. The maximum atomic E-state index is 12.6. The van der Waals surface area contributed by atoms with Gasteiger partial charge in [-0.1, -0.05) is 47.1 Å². The van der Waals surface area contributed by atoms with Gasteiger partial charge in [-0.05, 0) is 31.5 Å². The summed E-state index contributed by atoms with van der Waals surface area (Å²) in [5.74, 6) is 2.03. The highest BCUT2D eigenvalue weighted by Gasteiger charge is 2.23. The summed E-state index contributed by atoms with van der Waals surface area (Å²) in [4.78, 5) is 21.3. The molecule has 4 rings (SSSR count). The van der Waals surface area contributed by atoms with Crippen molar-refractivity contribution in [1.29, 1.82) is 0 Å². The lowest BCUT2D eigenvalue weighted by molar-refractivity contribution is -0.132. The first kappa shape index (κ1) is 21.1. The lowest BCUT2D eigenvalue weighted by Gasteiger charge is -2.34. The van der Waals surface area contributed by atoms with E-state index < -0.39 is 0 Å². The minimum absolute atomic E-state index is 0.177. The molecule has 1 fully saturated rings. The zero-order valence-corrected chi connectivity index (χ0v) is 18.1. The van der Waals surface area contributed by atoms with Crippen LogP contribution in [-0.2, 0) is 17.8 Å². The molecule has 162 valence electrons. The van der Waals surface area contributed by atoms with Gasteiger partial charge in [0.25, 0.3) is 0 Å². The molecule has 1 aliphatic rings. The van der Waals surface area contributed by atoms with Gasteiger partial charge in [0, 0.05) is 26.2 Å². The summed E-state index contributed by atoms with van der Waals surface area (Å²) in [5.41, 5.74) is 3.09. The van der Waals surface area contributed by atoms with Crippen molar-refractivity contribution >= 4 is 5.91 Å². The van der Waals surface area contributed by atoms with Crippen LogP contribution < -0.4 is 4.74 Å². The Morgan fingerprint density at radius 1 is 1.06 bits per heavy atom. The monoisotopic (exact) mass is 420 g/mol. The lowest BCUT2D eigenvalue weighted by atomic mass is 10.1. The molecule has 1 aromatic heterocycles. The average molecular weight is 421 g/mol. The smallest absolute Gasteiger partial charge is 0.241 e. The second-order valence-electron chi connectivity index (χ2n) is 7.76. The Labute approximate surface area is 182 Å². The second kappa shape index (κ2) is 9.75. The maximum Gasteiger partial charge on any atom is 0.241 e. The van der Waals surface area contributed by atoms with Crippen LogP contribution in [0.5, 0.6) is 5.75 Å². The first-order valence-electron chi connectivity index (χ1n) is 10.7. The predicted molar refractivity (Wildman–Crippen MR) is 118 cm³/mol. The zero-order valence-electron chi connectivity index (χ0n) is 18.1. The summed E-state index contributed by atoms with van der Waals surface area (Å²) >= 11 is 0. The second-order valence-corrected chi connectivity index (χ2v) is 7.76. The van der Waals surface area contributed by atoms with Crippen molar-refractivity contribution in [2.45, 2.75) is 26.8 Å². The Hall–Kier alpha value is -3.19. The molecule has 0 saturated carbocycles. The number of hydrogen-bond acceptors (Lipinski definition) is 6. The van der Waals surface area contributed by atoms with Crippen LogP contribution in [0.15, 0.2) is 53.1 Å². The third-order valence-electron chi connectivity index (χ3n) is 5.46. The number of carbonyl (C=O) groups excluding carboxylic acids is 1. The Kier molecular flexibility index (Phi) is 6.62. The minimum atomic E-state index is 0.177. The molecule has 0 N–H and O–H groups in total. The number of nitrogens with zero attached hydrogens (tertiary/aromatic N) is 4. The van der Waals surface area contributed by atoms with Crippen molar-refractivity contribution in [1.82, 2.24) is 19.9 Å². The Balaban J connectivity index is 1.30. The Morgan fingerprint density at radius 3 is 2.55 bits per heavy atom. The van der Waals surface area contributed by atoms with E-state index in [1.54, 1.807) is 0 Å². The van der Waals surface area contributed by atoms with E-state index in [9.17, 15) is 4.79 Å². The van der Waals surface area contributed by atoms with Gasteiger partial charge < -0.3 is 14.2 Å². The molecule has 0 atom stereocenters. The number of aromatic nitrogens is 2. The molecule has 31 heavy (non-hydrogen) atoms. The van der Waals surface area contributed by atoms with Crippen molar-refractivity contribution in [3.8, 4) is 17.1 Å². The fraction of sp³-hybridized carbons (Fsp3) is 0.375. The van der Waals surface area contributed by atoms with Crippen LogP contribution in [0.3, 0.4) is 0 Å². The van der Waals surface area contributed by atoms with Gasteiger partial charge in [0.05, 0.1) is 25.1 Å². The number of ether oxygens (including phenoxy) is 1. The van der Waals surface area contributed by atoms with Crippen molar-refractivity contribution in [3.05, 3.63) is 65.5 Å². The normalized spacial score (nSPS) is 14.6. The molecule has 7 nitrogen and oxygen atoms in total. The lowest BCUT2D eigenvalue weighted by Crippen LogP contribution is -2.48. The molecule has 3 aromatic rings. The molecule has 7 heteroatoms. The first-order valence-corrected chi connectivity index (χ1v) is 10.7. The van der Waals surface area contributed by atoms with Crippen LogP contribution >= 0.6 is 0 Å². The van der Waals surface area contributed by atoms with Gasteiger partial charge in [-0.25, -0.2) is 0 Å². The van der Waals surface area contributed by atoms with Crippen LogP contribution in [-0.4, -0.2) is 58.6 Å². The van der Waals surface area contributed by atoms with Crippen molar-refractivity contribution in [2.24, 2.45) is 0 Å². The number of aryl methyl sites for hydroxylation is 1. The van der Waals surface area contributed by atoms with Crippen molar-refractivity contribution in [2.75, 3.05) is 32.8 Å². The highest BCUT2D eigenvalue weighted by atomic mass is 16.5. The third-order valence-corrected chi connectivity index (χ3v) is 5.46. The Bertz CT molecular complexity index is 1010. The van der Waals surface area contributed by atoms with E-state index in [0.29, 0.717) is 44.4 Å². The van der Waals surface area contributed by atoms with Crippen LogP contribution in [0.2, 0.25) is 0 Å². The zero-order chi connectivity index (χ0) is 21.6. The number of para-hydroxylation sites is 1. The summed E-state index contributed by atoms with van der Waals surface area (Å²) in [6.45, 7) is 8.13. The molecular weight excluding hydrogens is 392 g/mol. The van der Waals surface area contributed by atoms with Crippen LogP contribution in [0, 0.1) is 6.92 Å². The molecule has 0 spiro atoms. The molecule has 1 aliphatic heterocycles. The number of carbonyl (C=O) groups is 1. The third kappa shape index (κ3) is 5.30. The quantitative estimate of drug-likeness (QED) is 0.584. The number of piperazine rings is 1. The van der Waals surface area contributed by atoms with E-state index >= 15 is 0 Å². The van der Waals surface area contributed by atoms with Crippen molar-refractivity contribution in [3.63, 3.8) is 0 Å². The van der Waals surface area contributed by atoms with Gasteiger partial charge in [0.15, 0.2) is 0 Å². The summed E-state index contributed by atoms with van der Waals surface area (Å²) in [6.07, 6.45) is 0.451. The van der Waals surface area contributed by atoms with E-state index in [1.807, 2.05) is 60.4 Å². The van der Waals surface area contributed by atoms with E-state index in [4.69, 9.17) is 9.26 Å². The standard InChI is InChI=1S/C24H28N4O3/c1-3-30-21-7-5-4-6-20(21)24-25-22(31-26-24)17-27-12-14-28(15-13-27)23(29)16-19-10-8-18(2)9-11-19/h4-11H,3,12-17H2,1-2H3. The summed E-state index contributed by atoms with van der Waals surface area (Å²) in [7, 11) is 0. The molecular formula is C24H28N4O3. The molecule has 1 amide bonds. The van der Waals surface area contributed by atoms with Gasteiger partial charge in [0.1, 0.15) is 5.75 Å². The summed E-state index contributed by atoms with van der Waals surface area (Å²) < 4.78 is 11.1. The van der Waals surface area contributed by atoms with E-state index in [1.165, 1.54) is 5.56 Å². The van der Waals surface area contributed by atoms with E-state index in [2.05, 4.69) is 22.0 Å². The number of amides is 1. The minimum Gasteiger partial charge on any atom is -0.493 e. The Morgan fingerprint density at radius 2 is 1.81 bits per heavy atom. The van der Waals surface area contributed by atoms with Gasteiger partial charge in [-0.2, -0.15) is 4.98 Å². The van der Waals surface area contributed by atoms with Gasteiger partial charge in [0.2, 0.25) is 17.6 Å². The molecule has 0 radical (unpaired) electrons. The molecule has 2 aromatic carbocycles. The van der Waals surface area contributed by atoms with Gasteiger partial charge >= 0.3 is 0 Å². The molecule has 0 aliphatic carbocycles. The average Bonchev–Trinajstić information content (AvgIpc) is 3.25. The number of benzene rings is 2. The molecule has 2 heterocycles. The fourth-order valence-corrected chi connectivity index (χ4v) is 3.70. The molecule has 0 unspecified atom stereocenters. The topological polar surface area (TPSA) is 71.7 Å². The molecule has 1 saturated heterocycles. The number of rotatable bonds is 7.